The average Bonchev–Trinajstić information content (AvgIpc) is 1.37. The molecule has 3 heteroatoms. The minimum absolute atomic E-state index is 0. The molecule has 0 unspecified atom stereocenters. The molecular weight excluding hydrogens is 108 g/mol. The molecule has 0 aromatic heterocycles. The second-order valence-electron chi connectivity index (χ2n) is 0.577. The first kappa shape index (κ1) is 9.06. The Morgan fingerprint density at radius 2 is 1.20 bits per heavy atom. The van der Waals surface area contributed by atoms with Gasteiger partial charge >= 0.3 is 17.1 Å². The van der Waals surface area contributed by atoms with E-state index in [0.717, 1.165) is 0 Å². The molecule has 2 nitrogen and oxygen atoms in total. The summed E-state index contributed by atoms with van der Waals surface area (Å²) in [7, 11) is 0. The third-order valence-electron chi connectivity index (χ3n) is 0.167. The van der Waals surface area contributed by atoms with Gasteiger partial charge in [0.15, 0.2) is 0 Å². The first-order valence-corrected chi connectivity index (χ1v) is 1.32. The van der Waals surface area contributed by atoms with Crippen LogP contribution >= 0.6 is 0 Å². The van der Waals surface area contributed by atoms with Gasteiger partial charge in [-0.2, -0.15) is 0 Å². The van der Waals surface area contributed by atoms with Crippen LogP contribution in [0.25, 0.3) is 0 Å². The molecule has 0 rings (SSSR count). The van der Waals surface area contributed by atoms with E-state index < -0.39 is 0 Å². The molecule has 5 heavy (non-hydrogen) atoms. The van der Waals surface area contributed by atoms with E-state index in [4.69, 9.17) is 11.5 Å². The van der Waals surface area contributed by atoms with Crippen molar-refractivity contribution in [2.45, 2.75) is 0 Å². The number of rotatable bonds is 1. The van der Waals surface area contributed by atoms with Crippen LogP contribution < -0.4 is 11.5 Å². The fraction of sp³-hybridized carbons (Fsp3) is 1.00. The molecule has 0 saturated heterocycles. The van der Waals surface area contributed by atoms with Crippen LogP contribution in [-0.4, -0.2) is 13.1 Å². The SMILES string of the molecule is NCCN.[Fe+2]. The molecule has 0 heterocycles. The van der Waals surface area contributed by atoms with Crippen LogP contribution in [0, 0.1) is 0 Å². The Balaban J connectivity index is 0. The quantitative estimate of drug-likeness (QED) is 0.427. The minimum atomic E-state index is 0. The van der Waals surface area contributed by atoms with E-state index in [1.165, 1.54) is 0 Å². The molecule has 0 aliphatic heterocycles. The van der Waals surface area contributed by atoms with Crippen LogP contribution in [-0.2, 0) is 17.1 Å². The fourth-order valence-electron chi connectivity index (χ4n) is 0. The summed E-state index contributed by atoms with van der Waals surface area (Å²) in [5.41, 5.74) is 9.81. The van der Waals surface area contributed by atoms with Gasteiger partial charge in [-0.3, -0.25) is 0 Å². The molecular formula is C2H8FeN2+2. The summed E-state index contributed by atoms with van der Waals surface area (Å²) in [6, 6.07) is 0. The van der Waals surface area contributed by atoms with Gasteiger partial charge in [-0.15, -0.1) is 0 Å². The van der Waals surface area contributed by atoms with Crippen LogP contribution in [0.2, 0.25) is 0 Å². The van der Waals surface area contributed by atoms with Crippen molar-refractivity contribution in [3.8, 4) is 0 Å². The van der Waals surface area contributed by atoms with Gasteiger partial charge in [0.2, 0.25) is 0 Å². The van der Waals surface area contributed by atoms with E-state index in [-0.39, 0.29) is 17.1 Å². The molecule has 0 amide bonds. The Hall–Kier alpha value is 0.439. The van der Waals surface area contributed by atoms with Crippen LogP contribution in [0.1, 0.15) is 0 Å². The molecule has 0 radical (unpaired) electrons. The third kappa shape index (κ3) is 12.8. The van der Waals surface area contributed by atoms with E-state index in [9.17, 15) is 0 Å². The van der Waals surface area contributed by atoms with E-state index >= 15 is 0 Å². The maximum atomic E-state index is 4.90. The maximum absolute atomic E-state index is 4.90. The Kier molecular flexibility index (Phi) is 16.0. The van der Waals surface area contributed by atoms with Gasteiger partial charge in [0, 0.05) is 13.1 Å². The van der Waals surface area contributed by atoms with E-state index in [1.807, 2.05) is 0 Å². The second kappa shape index (κ2) is 8.83. The molecule has 0 saturated carbocycles. The van der Waals surface area contributed by atoms with Crippen molar-refractivity contribution in [2.75, 3.05) is 13.1 Å². The zero-order valence-electron chi connectivity index (χ0n) is 2.92. The summed E-state index contributed by atoms with van der Waals surface area (Å²) in [4.78, 5) is 0. The Morgan fingerprint density at radius 3 is 1.20 bits per heavy atom. The zero-order valence-corrected chi connectivity index (χ0v) is 4.03. The van der Waals surface area contributed by atoms with Crippen molar-refractivity contribution >= 4 is 0 Å². The summed E-state index contributed by atoms with van der Waals surface area (Å²) in [5, 5.41) is 0. The molecule has 0 aliphatic rings. The second-order valence-corrected chi connectivity index (χ2v) is 0.577. The zero-order chi connectivity index (χ0) is 3.41. The van der Waals surface area contributed by atoms with Crippen LogP contribution in [0.3, 0.4) is 0 Å². The summed E-state index contributed by atoms with van der Waals surface area (Å²) < 4.78 is 0. The summed E-state index contributed by atoms with van der Waals surface area (Å²) in [6.07, 6.45) is 0. The Bertz CT molecular complexity index is 9.61. The van der Waals surface area contributed by atoms with Crippen molar-refractivity contribution in [1.29, 1.82) is 0 Å². The van der Waals surface area contributed by atoms with Crippen LogP contribution in [0.15, 0.2) is 0 Å². The molecule has 4 N–H and O–H groups in total. The topological polar surface area (TPSA) is 52.0 Å². The molecule has 0 atom stereocenters. The van der Waals surface area contributed by atoms with Crippen LogP contribution in [0.4, 0.5) is 0 Å². The smallest absolute Gasteiger partial charge is 0.329 e. The number of hydrogen-bond acceptors (Lipinski definition) is 2. The monoisotopic (exact) mass is 116 g/mol. The van der Waals surface area contributed by atoms with Crippen LogP contribution in [0.5, 0.6) is 0 Å². The molecule has 32 valence electrons. The normalized spacial score (nSPS) is 6.00. The van der Waals surface area contributed by atoms with Crippen molar-refractivity contribution in [3.05, 3.63) is 0 Å². The Labute approximate surface area is 42.4 Å². The molecule has 0 bridgehead atoms. The predicted octanol–water partition coefficient (Wildman–Crippen LogP) is -1.10. The van der Waals surface area contributed by atoms with Gasteiger partial charge in [-0.1, -0.05) is 0 Å². The van der Waals surface area contributed by atoms with Gasteiger partial charge in [-0.05, 0) is 0 Å². The van der Waals surface area contributed by atoms with Gasteiger partial charge in [0.1, 0.15) is 0 Å². The van der Waals surface area contributed by atoms with Crippen molar-refractivity contribution in [3.63, 3.8) is 0 Å². The van der Waals surface area contributed by atoms with Gasteiger partial charge in [-0.25, -0.2) is 0 Å². The maximum Gasteiger partial charge on any atom is 2.00 e. The Morgan fingerprint density at radius 1 is 1.00 bits per heavy atom. The first-order valence-electron chi connectivity index (χ1n) is 1.32. The van der Waals surface area contributed by atoms with Crippen molar-refractivity contribution in [2.24, 2.45) is 11.5 Å². The summed E-state index contributed by atoms with van der Waals surface area (Å²) >= 11 is 0. The molecule has 0 spiro atoms. The molecule has 0 aromatic rings. The number of hydrogen-bond donors (Lipinski definition) is 2. The van der Waals surface area contributed by atoms with Gasteiger partial charge < -0.3 is 11.5 Å². The minimum Gasteiger partial charge on any atom is -0.329 e. The van der Waals surface area contributed by atoms with Gasteiger partial charge in [0.05, 0.1) is 0 Å². The summed E-state index contributed by atoms with van der Waals surface area (Å²) in [5.74, 6) is 0. The largest absolute Gasteiger partial charge is 2.00 e. The van der Waals surface area contributed by atoms with E-state index in [1.54, 1.807) is 0 Å². The van der Waals surface area contributed by atoms with Crippen molar-refractivity contribution < 1.29 is 17.1 Å². The first-order chi connectivity index (χ1) is 1.91. The van der Waals surface area contributed by atoms with E-state index in [2.05, 4.69) is 0 Å². The summed E-state index contributed by atoms with van der Waals surface area (Å²) in [6.45, 7) is 1.19. The molecule has 0 fully saturated rings. The standard InChI is InChI=1S/C2H8N2.Fe/c3-1-2-4;/h1-4H2;/q;+2. The number of nitrogens with two attached hydrogens (primary N) is 2. The fourth-order valence-corrected chi connectivity index (χ4v) is 0. The molecule has 0 aromatic carbocycles. The third-order valence-corrected chi connectivity index (χ3v) is 0.167. The van der Waals surface area contributed by atoms with Gasteiger partial charge in [0.25, 0.3) is 0 Å². The van der Waals surface area contributed by atoms with Crippen molar-refractivity contribution in [1.82, 2.24) is 0 Å². The van der Waals surface area contributed by atoms with E-state index in [0.29, 0.717) is 13.1 Å². The predicted molar refractivity (Wildman–Crippen MR) is 18.1 cm³/mol. The molecule has 0 aliphatic carbocycles. The average molecular weight is 116 g/mol.